The molecule has 0 saturated heterocycles. The number of methoxy groups -OCH3 is 1. The molecule has 27 heavy (non-hydrogen) atoms. The summed E-state index contributed by atoms with van der Waals surface area (Å²) in [6.45, 7) is 1.91. The van der Waals surface area contributed by atoms with Gasteiger partial charge in [0.25, 0.3) is 5.22 Å². The molecular formula is C19H15ClN2O4S. The Morgan fingerprint density at radius 1 is 1.22 bits per heavy atom. The number of carboxylic acid groups (broad SMARTS) is 1. The van der Waals surface area contributed by atoms with Gasteiger partial charge in [-0.1, -0.05) is 23.7 Å². The zero-order chi connectivity index (χ0) is 19.4. The summed E-state index contributed by atoms with van der Waals surface area (Å²) in [5.74, 6) is -0.122. The zero-order valence-corrected chi connectivity index (χ0v) is 16.0. The lowest BCUT2D eigenvalue weighted by atomic mass is 10.1. The molecule has 0 bridgehead atoms. The molecule has 0 aliphatic carbocycles. The van der Waals surface area contributed by atoms with E-state index in [0.717, 1.165) is 17.3 Å². The molecule has 0 saturated carbocycles. The molecule has 0 aliphatic rings. The maximum absolute atomic E-state index is 11.6. The lowest BCUT2D eigenvalue weighted by Gasteiger charge is -2.06. The number of thioether (sulfide) groups is 1. The predicted octanol–water partition coefficient (Wildman–Crippen LogP) is 4.92. The van der Waals surface area contributed by atoms with Crippen molar-refractivity contribution in [2.75, 3.05) is 7.11 Å². The van der Waals surface area contributed by atoms with Crippen LogP contribution in [-0.4, -0.2) is 28.4 Å². The molecule has 1 aromatic heterocycles. The number of rotatable bonds is 6. The van der Waals surface area contributed by atoms with E-state index in [9.17, 15) is 9.90 Å². The molecule has 0 radical (unpaired) electrons. The summed E-state index contributed by atoms with van der Waals surface area (Å²) < 4.78 is 10.8. The highest BCUT2D eigenvalue weighted by atomic mass is 35.5. The Morgan fingerprint density at radius 3 is 2.63 bits per heavy atom. The van der Waals surface area contributed by atoms with Gasteiger partial charge in [-0.2, -0.15) is 0 Å². The number of aliphatic carboxylic acids is 1. The molecule has 3 rings (SSSR count). The molecule has 1 heterocycles. The molecule has 2 aromatic carbocycles. The minimum absolute atomic E-state index is 0.0483. The van der Waals surface area contributed by atoms with Crippen LogP contribution in [0.4, 0.5) is 0 Å². The van der Waals surface area contributed by atoms with Crippen LogP contribution < -0.4 is 4.74 Å². The molecule has 0 fully saturated rings. The Hall–Kier alpha value is -2.77. The minimum Gasteiger partial charge on any atom is -0.496 e. The first-order chi connectivity index (χ1) is 13.0. The highest BCUT2D eigenvalue weighted by molar-refractivity contribution is 8.03. The van der Waals surface area contributed by atoms with Gasteiger partial charge in [-0.05, 0) is 66.2 Å². The van der Waals surface area contributed by atoms with Crippen LogP contribution in [-0.2, 0) is 4.79 Å². The van der Waals surface area contributed by atoms with Gasteiger partial charge in [0, 0.05) is 10.6 Å². The molecule has 0 amide bonds. The fraction of sp³-hybridized carbons (Fsp3) is 0.105. The molecule has 138 valence electrons. The van der Waals surface area contributed by atoms with Crippen LogP contribution in [0.5, 0.6) is 5.75 Å². The number of carboxylic acids is 1. The van der Waals surface area contributed by atoms with E-state index in [0.29, 0.717) is 21.9 Å². The van der Waals surface area contributed by atoms with Gasteiger partial charge in [-0.3, -0.25) is 0 Å². The van der Waals surface area contributed by atoms with Gasteiger partial charge in [0.05, 0.1) is 7.11 Å². The Bertz CT molecular complexity index is 999. The van der Waals surface area contributed by atoms with Crippen LogP contribution >= 0.6 is 23.4 Å². The smallest absolute Gasteiger partial charge is 0.342 e. The lowest BCUT2D eigenvalue weighted by molar-refractivity contribution is -0.131. The van der Waals surface area contributed by atoms with Gasteiger partial charge >= 0.3 is 5.97 Å². The largest absolute Gasteiger partial charge is 0.496 e. The summed E-state index contributed by atoms with van der Waals surface area (Å²) in [4.78, 5) is 11.7. The Labute approximate surface area is 164 Å². The molecule has 0 aliphatic heterocycles. The number of hydrogen-bond donors (Lipinski definition) is 1. The third-order valence-electron chi connectivity index (χ3n) is 3.64. The first kappa shape index (κ1) is 19.0. The molecule has 3 aromatic rings. The summed E-state index contributed by atoms with van der Waals surface area (Å²) in [5, 5.41) is 18.1. The van der Waals surface area contributed by atoms with Crippen LogP contribution in [0, 0.1) is 6.92 Å². The highest BCUT2D eigenvalue weighted by Gasteiger charge is 2.16. The van der Waals surface area contributed by atoms with Crippen molar-refractivity contribution < 1.29 is 19.1 Å². The summed E-state index contributed by atoms with van der Waals surface area (Å²) in [6.07, 6.45) is 1.53. The summed E-state index contributed by atoms with van der Waals surface area (Å²) in [5.41, 5.74) is 2.35. The van der Waals surface area contributed by atoms with Crippen LogP contribution in [0.1, 0.15) is 11.1 Å². The van der Waals surface area contributed by atoms with Gasteiger partial charge in [0.2, 0.25) is 5.89 Å². The van der Waals surface area contributed by atoms with E-state index in [1.54, 1.807) is 37.4 Å². The number of halogens is 1. The van der Waals surface area contributed by atoms with Gasteiger partial charge in [-0.15, -0.1) is 10.2 Å². The Kier molecular flexibility index (Phi) is 5.83. The monoisotopic (exact) mass is 402 g/mol. The van der Waals surface area contributed by atoms with Crippen molar-refractivity contribution in [3.63, 3.8) is 0 Å². The summed E-state index contributed by atoms with van der Waals surface area (Å²) in [6, 6.07) is 12.4. The van der Waals surface area contributed by atoms with Gasteiger partial charge in [0.1, 0.15) is 10.7 Å². The third-order valence-corrected chi connectivity index (χ3v) is 4.74. The van der Waals surface area contributed by atoms with Crippen LogP contribution in [0.3, 0.4) is 0 Å². The highest BCUT2D eigenvalue weighted by Crippen LogP contribution is 2.31. The number of carbonyl (C=O) groups is 1. The van der Waals surface area contributed by atoms with E-state index < -0.39 is 5.97 Å². The number of ether oxygens (including phenoxy) is 1. The molecular weight excluding hydrogens is 388 g/mol. The van der Waals surface area contributed by atoms with Crippen molar-refractivity contribution in [3.05, 3.63) is 63.5 Å². The molecule has 6 nitrogen and oxygen atoms in total. The normalized spacial score (nSPS) is 11.4. The molecule has 0 atom stereocenters. The Balaban J connectivity index is 1.85. The predicted molar refractivity (Wildman–Crippen MR) is 104 cm³/mol. The molecule has 0 unspecified atom stereocenters. The lowest BCUT2D eigenvalue weighted by Crippen LogP contribution is -1.97. The van der Waals surface area contributed by atoms with Gasteiger partial charge < -0.3 is 14.3 Å². The first-order valence-electron chi connectivity index (χ1n) is 7.83. The van der Waals surface area contributed by atoms with E-state index in [1.165, 1.54) is 6.08 Å². The van der Waals surface area contributed by atoms with E-state index in [4.69, 9.17) is 20.8 Å². The van der Waals surface area contributed by atoms with Crippen LogP contribution in [0.25, 0.3) is 17.5 Å². The second-order valence-electron chi connectivity index (χ2n) is 5.52. The van der Waals surface area contributed by atoms with Gasteiger partial charge in [-0.25, -0.2) is 4.79 Å². The van der Waals surface area contributed by atoms with E-state index in [1.807, 2.05) is 19.1 Å². The van der Waals surface area contributed by atoms with E-state index >= 15 is 0 Å². The van der Waals surface area contributed by atoms with Crippen molar-refractivity contribution in [2.45, 2.75) is 12.1 Å². The molecule has 1 N–H and O–H groups in total. The zero-order valence-electron chi connectivity index (χ0n) is 14.5. The Morgan fingerprint density at radius 2 is 1.96 bits per heavy atom. The second-order valence-corrected chi connectivity index (χ2v) is 6.95. The number of aryl methyl sites for hydroxylation is 1. The maximum Gasteiger partial charge on any atom is 0.342 e. The molecule has 0 spiro atoms. The minimum atomic E-state index is -1.09. The van der Waals surface area contributed by atoms with Crippen LogP contribution in [0.15, 0.2) is 57.0 Å². The second kappa shape index (κ2) is 8.28. The van der Waals surface area contributed by atoms with Crippen molar-refractivity contribution in [1.29, 1.82) is 0 Å². The molecule has 8 heteroatoms. The third kappa shape index (κ3) is 4.69. The average molecular weight is 403 g/mol. The van der Waals surface area contributed by atoms with E-state index in [-0.39, 0.29) is 16.0 Å². The standard InChI is InChI=1S/C19H15ClN2O4S/c1-11-3-4-12(9-15(11)25-2)10-16(18(23)24)27-19-22-21-17(26-19)13-5-7-14(20)8-6-13/h3-10H,1-2H3,(H,23,24)/b16-10-. The van der Waals surface area contributed by atoms with E-state index in [2.05, 4.69) is 10.2 Å². The SMILES string of the molecule is COc1cc(/C=C(\Sc2nnc(-c3ccc(Cl)cc3)o2)C(=O)O)ccc1C. The maximum atomic E-state index is 11.6. The fourth-order valence-electron chi connectivity index (χ4n) is 2.27. The van der Waals surface area contributed by atoms with Crippen molar-refractivity contribution in [3.8, 4) is 17.2 Å². The number of benzene rings is 2. The van der Waals surface area contributed by atoms with Crippen molar-refractivity contribution in [2.24, 2.45) is 0 Å². The average Bonchev–Trinajstić information content (AvgIpc) is 3.11. The van der Waals surface area contributed by atoms with Crippen molar-refractivity contribution >= 4 is 35.4 Å². The number of nitrogens with zero attached hydrogens (tertiary/aromatic N) is 2. The number of hydrogen-bond acceptors (Lipinski definition) is 6. The summed E-state index contributed by atoms with van der Waals surface area (Å²) in [7, 11) is 1.57. The number of aromatic nitrogens is 2. The topological polar surface area (TPSA) is 85.5 Å². The van der Waals surface area contributed by atoms with Crippen molar-refractivity contribution in [1.82, 2.24) is 10.2 Å². The van der Waals surface area contributed by atoms with Gasteiger partial charge in [0.15, 0.2) is 0 Å². The quantitative estimate of drug-likeness (QED) is 0.462. The first-order valence-corrected chi connectivity index (χ1v) is 9.02. The fourth-order valence-corrected chi connectivity index (χ4v) is 3.07. The summed E-state index contributed by atoms with van der Waals surface area (Å²) >= 11 is 6.75. The van der Waals surface area contributed by atoms with Crippen LogP contribution in [0.2, 0.25) is 5.02 Å².